The molecule has 2 aromatic carbocycles. The van der Waals surface area contributed by atoms with Crippen molar-refractivity contribution in [1.29, 1.82) is 0 Å². The maximum Gasteiger partial charge on any atom is 0.0956 e. The van der Waals surface area contributed by atoms with Crippen LogP contribution in [0.5, 0.6) is 0 Å². The highest BCUT2D eigenvalue weighted by atomic mass is 79.9. The molecule has 0 spiro atoms. The molecule has 1 atom stereocenters. The average Bonchev–Trinajstić information content (AvgIpc) is 2.79. The fourth-order valence-electron chi connectivity index (χ4n) is 2.03. The lowest BCUT2D eigenvalue weighted by Crippen LogP contribution is -1.95. The number of para-hydroxylation sites is 1. The van der Waals surface area contributed by atoms with E-state index < -0.39 is 0 Å². The minimum atomic E-state index is -0.0793. The van der Waals surface area contributed by atoms with E-state index in [9.17, 15) is 0 Å². The fraction of sp³-hybridized carbons (Fsp3) is 0.133. The lowest BCUT2D eigenvalue weighted by atomic mass is 10.1. The fourth-order valence-corrected chi connectivity index (χ4v) is 4.74. The van der Waals surface area contributed by atoms with Crippen LogP contribution < -0.4 is 0 Å². The molecule has 5 heteroatoms. The van der Waals surface area contributed by atoms with Crippen molar-refractivity contribution in [2.24, 2.45) is 0 Å². The van der Waals surface area contributed by atoms with E-state index in [4.69, 9.17) is 11.6 Å². The summed E-state index contributed by atoms with van der Waals surface area (Å²) in [4.78, 5) is 4.63. The van der Waals surface area contributed by atoms with Crippen molar-refractivity contribution in [1.82, 2.24) is 4.98 Å². The van der Waals surface area contributed by atoms with E-state index in [1.54, 1.807) is 11.3 Å². The van der Waals surface area contributed by atoms with Crippen LogP contribution in [-0.4, -0.2) is 4.98 Å². The molecule has 0 aliphatic heterocycles. The molecular formula is C15H10Br2ClNS. The summed E-state index contributed by atoms with van der Waals surface area (Å²) in [5, 5.41) is 0.992. The normalized spacial score (nSPS) is 12.8. The van der Waals surface area contributed by atoms with E-state index in [0.717, 1.165) is 31.5 Å². The molecule has 0 bridgehead atoms. The summed E-state index contributed by atoms with van der Waals surface area (Å²) >= 11 is 15.2. The monoisotopic (exact) mass is 429 g/mol. The van der Waals surface area contributed by atoms with Crippen molar-refractivity contribution in [3.63, 3.8) is 0 Å². The molecule has 0 saturated carbocycles. The number of benzene rings is 2. The van der Waals surface area contributed by atoms with Gasteiger partial charge in [0, 0.05) is 15.4 Å². The molecule has 102 valence electrons. The standard InChI is InChI=1S/C15H10Br2ClNS/c16-10-5-9(6-11(17)7-10)12(18)8-15-19-13-3-1-2-4-14(13)20-15/h1-7,12H,8H2. The highest BCUT2D eigenvalue weighted by molar-refractivity contribution is 9.11. The third-order valence-electron chi connectivity index (χ3n) is 2.94. The van der Waals surface area contributed by atoms with Gasteiger partial charge in [0.2, 0.25) is 0 Å². The van der Waals surface area contributed by atoms with Gasteiger partial charge in [-0.05, 0) is 35.9 Å². The topological polar surface area (TPSA) is 12.9 Å². The Morgan fingerprint density at radius 3 is 2.50 bits per heavy atom. The van der Waals surface area contributed by atoms with E-state index in [-0.39, 0.29) is 5.38 Å². The van der Waals surface area contributed by atoms with Gasteiger partial charge in [0.05, 0.1) is 20.6 Å². The molecule has 1 heterocycles. The van der Waals surface area contributed by atoms with E-state index >= 15 is 0 Å². The second kappa shape index (κ2) is 6.14. The van der Waals surface area contributed by atoms with Crippen LogP contribution in [0.15, 0.2) is 51.4 Å². The van der Waals surface area contributed by atoms with Crippen LogP contribution >= 0.6 is 54.8 Å². The van der Waals surface area contributed by atoms with Gasteiger partial charge in [0.15, 0.2) is 0 Å². The first-order chi connectivity index (χ1) is 9.61. The Hall–Kier alpha value is -0.420. The Morgan fingerprint density at radius 2 is 1.80 bits per heavy atom. The lowest BCUT2D eigenvalue weighted by Gasteiger charge is -2.09. The van der Waals surface area contributed by atoms with E-state index in [1.165, 1.54) is 4.70 Å². The van der Waals surface area contributed by atoms with Gasteiger partial charge in [-0.25, -0.2) is 4.98 Å². The van der Waals surface area contributed by atoms with Crippen LogP contribution in [0.1, 0.15) is 15.9 Å². The number of aromatic nitrogens is 1. The van der Waals surface area contributed by atoms with Gasteiger partial charge in [-0.3, -0.25) is 0 Å². The highest BCUT2D eigenvalue weighted by Gasteiger charge is 2.13. The van der Waals surface area contributed by atoms with Crippen molar-refractivity contribution < 1.29 is 0 Å². The third-order valence-corrected chi connectivity index (χ3v) is 5.32. The smallest absolute Gasteiger partial charge is 0.0956 e. The first-order valence-corrected chi connectivity index (χ1v) is 8.90. The number of rotatable bonds is 3. The van der Waals surface area contributed by atoms with Crippen molar-refractivity contribution in [2.45, 2.75) is 11.8 Å². The number of hydrogen-bond donors (Lipinski definition) is 0. The summed E-state index contributed by atoms with van der Waals surface area (Å²) in [5.74, 6) is 0. The van der Waals surface area contributed by atoms with E-state index in [1.807, 2.05) is 24.3 Å². The molecule has 1 unspecified atom stereocenters. The number of halogens is 3. The summed E-state index contributed by atoms with van der Waals surface area (Å²) in [6, 6.07) is 14.3. The first-order valence-electron chi connectivity index (χ1n) is 6.06. The lowest BCUT2D eigenvalue weighted by molar-refractivity contribution is 0.909. The quantitative estimate of drug-likeness (QED) is 0.441. The molecule has 1 aromatic heterocycles. The molecule has 0 saturated heterocycles. The molecule has 0 N–H and O–H groups in total. The van der Waals surface area contributed by atoms with Crippen LogP contribution in [-0.2, 0) is 6.42 Å². The minimum Gasteiger partial charge on any atom is -0.241 e. The highest BCUT2D eigenvalue weighted by Crippen LogP contribution is 2.32. The van der Waals surface area contributed by atoms with Gasteiger partial charge in [-0.15, -0.1) is 22.9 Å². The predicted molar refractivity (Wildman–Crippen MR) is 93.8 cm³/mol. The van der Waals surface area contributed by atoms with Crippen molar-refractivity contribution in [3.8, 4) is 0 Å². The molecule has 0 fully saturated rings. The van der Waals surface area contributed by atoms with Gasteiger partial charge in [0.25, 0.3) is 0 Å². The van der Waals surface area contributed by atoms with Crippen LogP contribution in [0.25, 0.3) is 10.2 Å². The molecule has 0 radical (unpaired) electrons. The largest absolute Gasteiger partial charge is 0.241 e. The number of thiazole rings is 1. The summed E-state index contributed by atoms with van der Waals surface area (Å²) in [5.41, 5.74) is 2.14. The van der Waals surface area contributed by atoms with Crippen molar-refractivity contribution in [3.05, 3.63) is 62.0 Å². The SMILES string of the molecule is ClC(Cc1nc2ccccc2s1)c1cc(Br)cc(Br)c1. The molecule has 1 nitrogen and oxygen atoms in total. The number of hydrogen-bond acceptors (Lipinski definition) is 2. The number of fused-ring (bicyclic) bond motifs is 1. The van der Waals surface area contributed by atoms with Crippen LogP contribution in [0.3, 0.4) is 0 Å². The molecule has 0 aliphatic rings. The van der Waals surface area contributed by atoms with E-state index in [0.29, 0.717) is 0 Å². The van der Waals surface area contributed by atoms with Crippen LogP contribution in [0.2, 0.25) is 0 Å². The molecule has 20 heavy (non-hydrogen) atoms. The van der Waals surface area contributed by atoms with Crippen LogP contribution in [0, 0.1) is 0 Å². The molecular weight excluding hydrogens is 422 g/mol. The third kappa shape index (κ3) is 3.25. The molecule has 3 rings (SSSR count). The summed E-state index contributed by atoms with van der Waals surface area (Å²) in [6.07, 6.45) is 0.740. The second-order valence-electron chi connectivity index (χ2n) is 4.45. The molecule has 0 aliphatic carbocycles. The zero-order valence-electron chi connectivity index (χ0n) is 10.3. The van der Waals surface area contributed by atoms with Gasteiger partial charge >= 0.3 is 0 Å². The Morgan fingerprint density at radius 1 is 1.10 bits per heavy atom. The Labute approximate surface area is 143 Å². The summed E-state index contributed by atoms with van der Waals surface area (Å²) in [6.45, 7) is 0. The average molecular weight is 432 g/mol. The Balaban J connectivity index is 1.86. The number of alkyl halides is 1. The second-order valence-corrected chi connectivity index (χ2v) is 7.92. The van der Waals surface area contributed by atoms with Gasteiger partial charge in [-0.2, -0.15) is 0 Å². The maximum atomic E-state index is 6.54. The van der Waals surface area contributed by atoms with Gasteiger partial charge in [-0.1, -0.05) is 44.0 Å². The minimum absolute atomic E-state index is 0.0793. The van der Waals surface area contributed by atoms with Gasteiger partial charge < -0.3 is 0 Å². The zero-order chi connectivity index (χ0) is 14.1. The van der Waals surface area contributed by atoms with Gasteiger partial charge in [0.1, 0.15) is 0 Å². The molecule has 3 aromatic rings. The summed E-state index contributed by atoms with van der Waals surface area (Å²) < 4.78 is 3.26. The predicted octanol–water partition coefficient (Wildman–Crippen LogP) is 6.34. The van der Waals surface area contributed by atoms with E-state index in [2.05, 4.69) is 55.0 Å². The van der Waals surface area contributed by atoms with Crippen LogP contribution in [0.4, 0.5) is 0 Å². The summed E-state index contributed by atoms with van der Waals surface area (Å²) in [7, 11) is 0. The Kier molecular flexibility index (Phi) is 4.46. The Bertz CT molecular complexity index is 703. The zero-order valence-corrected chi connectivity index (χ0v) is 15.1. The van der Waals surface area contributed by atoms with Crippen molar-refractivity contribution >= 4 is 65.0 Å². The van der Waals surface area contributed by atoms with Crippen molar-refractivity contribution in [2.75, 3.05) is 0 Å². The maximum absolute atomic E-state index is 6.54. The number of nitrogens with zero attached hydrogens (tertiary/aromatic N) is 1. The molecule has 0 amide bonds. The first kappa shape index (κ1) is 14.5.